The van der Waals surface area contributed by atoms with Crippen LogP contribution < -0.4 is 9.47 Å². The summed E-state index contributed by atoms with van der Waals surface area (Å²) < 4.78 is 10.8. The van der Waals surface area contributed by atoms with E-state index in [2.05, 4.69) is 0 Å². The minimum absolute atomic E-state index is 0.0921. The van der Waals surface area contributed by atoms with Crippen molar-refractivity contribution < 1.29 is 19.1 Å². The van der Waals surface area contributed by atoms with E-state index in [1.54, 1.807) is 21.1 Å². The van der Waals surface area contributed by atoms with Gasteiger partial charge in [0.05, 0.1) is 14.2 Å². The van der Waals surface area contributed by atoms with Gasteiger partial charge in [-0.1, -0.05) is 0 Å². The van der Waals surface area contributed by atoms with Gasteiger partial charge in [0.15, 0.2) is 11.5 Å². The lowest BCUT2D eigenvalue weighted by atomic mass is 9.93. The van der Waals surface area contributed by atoms with Gasteiger partial charge in [0.25, 0.3) is 0 Å². The Labute approximate surface area is 135 Å². The second-order valence-electron chi connectivity index (χ2n) is 5.96. The highest BCUT2D eigenvalue weighted by molar-refractivity contribution is 5.94. The highest BCUT2D eigenvalue weighted by atomic mass is 16.5. The lowest BCUT2D eigenvalue weighted by Crippen LogP contribution is -2.25. The second-order valence-corrected chi connectivity index (χ2v) is 5.96. The SMILES string of the molecule is COc1cc2c(cc1OC)C(CC(C)=O)=C1CCC(=O)N1CC2. The molecule has 1 fully saturated rings. The molecule has 0 spiro atoms. The maximum absolute atomic E-state index is 12.1. The molecule has 3 rings (SSSR count). The number of Topliss-reactive ketones (excluding diaryl/α,β-unsaturated/α-hetero) is 1. The Balaban J connectivity index is 2.20. The molecule has 122 valence electrons. The lowest BCUT2D eigenvalue weighted by Gasteiger charge is -2.18. The number of rotatable bonds is 4. The highest BCUT2D eigenvalue weighted by Gasteiger charge is 2.32. The quantitative estimate of drug-likeness (QED) is 0.857. The first kappa shape index (κ1) is 15.6. The Morgan fingerprint density at radius 1 is 1.13 bits per heavy atom. The zero-order chi connectivity index (χ0) is 16.6. The number of hydrogen-bond donors (Lipinski definition) is 0. The van der Waals surface area contributed by atoms with Crippen molar-refractivity contribution in [2.24, 2.45) is 0 Å². The fourth-order valence-electron chi connectivity index (χ4n) is 3.46. The molecule has 1 aromatic carbocycles. The third kappa shape index (κ3) is 2.71. The average molecular weight is 315 g/mol. The minimum Gasteiger partial charge on any atom is -0.493 e. The number of methoxy groups -OCH3 is 2. The fraction of sp³-hybridized carbons (Fsp3) is 0.444. The van der Waals surface area contributed by atoms with Crippen molar-refractivity contribution in [2.75, 3.05) is 20.8 Å². The summed E-state index contributed by atoms with van der Waals surface area (Å²) in [5.74, 6) is 1.56. The number of carbonyl (C=O) groups excluding carboxylic acids is 2. The van der Waals surface area contributed by atoms with E-state index in [0.717, 1.165) is 28.8 Å². The first-order valence-electron chi connectivity index (χ1n) is 7.82. The first-order valence-corrected chi connectivity index (χ1v) is 7.82. The van der Waals surface area contributed by atoms with Crippen molar-refractivity contribution in [1.82, 2.24) is 4.90 Å². The molecule has 2 heterocycles. The van der Waals surface area contributed by atoms with E-state index in [1.165, 1.54) is 0 Å². The topological polar surface area (TPSA) is 55.8 Å². The summed E-state index contributed by atoms with van der Waals surface area (Å²) in [6.07, 6.45) is 2.31. The van der Waals surface area contributed by atoms with Gasteiger partial charge in [0.2, 0.25) is 5.91 Å². The molecule has 0 unspecified atom stereocenters. The van der Waals surface area contributed by atoms with Crippen LogP contribution >= 0.6 is 0 Å². The van der Waals surface area contributed by atoms with Gasteiger partial charge in [-0.2, -0.15) is 0 Å². The van der Waals surface area contributed by atoms with Gasteiger partial charge in [-0.3, -0.25) is 9.59 Å². The van der Waals surface area contributed by atoms with E-state index >= 15 is 0 Å². The Morgan fingerprint density at radius 3 is 2.48 bits per heavy atom. The minimum atomic E-state index is 0.0921. The molecule has 1 saturated heterocycles. The number of benzene rings is 1. The summed E-state index contributed by atoms with van der Waals surface area (Å²) in [5, 5.41) is 0. The fourth-order valence-corrected chi connectivity index (χ4v) is 3.46. The van der Waals surface area contributed by atoms with Crippen LogP contribution in [0.1, 0.15) is 37.3 Å². The van der Waals surface area contributed by atoms with Crippen LogP contribution in [-0.4, -0.2) is 37.4 Å². The predicted octanol–water partition coefficient (Wildman–Crippen LogP) is 2.57. The van der Waals surface area contributed by atoms with Crippen molar-refractivity contribution in [3.8, 4) is 11.5 Å². The maximum Gasteiger partial charge on any atom is 0.227 e. The summed E-state index contributed by atoms with van der Waals surface area (Å²) in [6.45, 7) is 2.23. The van der Waals surface area contributed by atoms with Crippen molar-refractivity contribution in [1.29, 1.82) is 0 Å². The van der Waals surface area contributed by atoms with Gasteiger partial charge in [0, 0.05) is 25.1 Å². The van der Waals surface area contributed by atoms with E-state index < -0.39 is 0 Å². The van der Waals surface area contributed by atoms with Crippen LogP contribution in [0.15, 0.2) is 17.8 Å². The van der Waals surface area contributed by atoms with E-state index in [0.29, 0.717) is 37.3 Å². The number of ketones is 1. The number of amides is 1. The number of carbonyl (C=O) groups is 2. The Hall–Kier alpha value is -2.30. The molecule has 5 nitrogen and oxygen atoms in total. The summed E-state index contributed by atoms with van der Waals surface area (Å²) in [6, 6.07) is 3.90. The number of fused-ring (bicyclic) bond motifs is 2. The predicted molar refractivity (Wildman–Crippen MR) is 86.4 cm³/mol. The molecule has 2 aliphatic heterocycles. The van der Waals surface area contributed by atoms with Gasteiger partial charge in [-0.15, -0.1) is 0 Å². The molecule has 0 aromatic heterocycles. The van der Waals surface area contributed by atoms with Crippen molar-refractivity contribution in [3.63, 3.8) is 0 Å². The summed E-state index contributed by atoms with van der Waals surface area (Å²) in [5.41, 5.74) is 4.05. The van der Waals surface area contributed by atoms with Gasteiger partial charge in [0.1, 0.15) is 5.78 Å². The number of hydrogen-bond acceptors (Lipinski definition) is 4. The molecule has 1 amide bonds. The zero-order valence-electron chi connectivity index (χ0n) is 13.8. The van der Waals surface area contributed by atoms with E-state index in [1.807, 2.05) is 17.0 Å². The van der Waals surface area contributed by atoms with Crippen LogP contribution in [0.3, 0.4) is 0 Å². The van der Waals surface area contributed by atoms with Crippen LogP contribution in [0, 0.1) is 0 Å². The third-order valence-corrected chi connectivity index (χ3v) is 4.52. The third-order valence-electron chi connectivity index (χ3n) is 4.52. The number of nitrogens with zero attached hydrogens (tertiary/aromatic N) is 1. The van der Waals surface area contributed by atoms with Crippen molar-refractivity contribution in [2.45, 2.75) is 32.6 Å². The van der Waals surface area contributed by atoms with Crippen molar-refractivity contribution in [3.05, 3.63) is 29.0 Å². The molecule has 5 heteroatoms. The molecule has 2 aliphatic rings. The standard InChI is InChI=1S/C18H21NO4/c1-11(20)8-14-13-10-17(23-3)16(22-2)9-12(13)6-7-19-15(14)4-5-18(19)21/h9-10H,4-8H2,1-3H3. The largest absolute Gasteiger partial charge is 0.493 e. The summed E-state index contributed by atoms with van der Waals surface area (Å²) in [4.78, 5) is 25.8. The zero-order valence-corrected chi connectivity index (χ0v) is 13.8. The Morgan fingerprint density at radius 2 is 1.83 bits per heavy atom. The maximum atomic E-state index is 12.1. The van der Waals surface area contributed by atoms with Crippen LogP contribution in [0.2, 0.25) is 0 Å². The first-order chi connectivity index (χ1) is 11.0. The van der Waals surface area contributed by atoms with E-state index in [9.17, 15) is 9.59 Å². The molecule has 0 bridgehead atoms. The van der Waals surface area contributed by atoms with Crippen molar-refractivity contribution >= 4 is 17.3 Å². The molecule has 0 N–H and O–H groups in total. The molecule has 23 heavy (non-hydrogen) atoms. The highest BCUT2D eigenvalue weighted by Crippen LogP contribution is 2.41. The van der Waals surface area contributed by atoms with Crippen LogP contribution in [0.5, 0.6) is 11.5 Å². The molecule has 0 atom stereocenters. The van der Waals surface area contributed by atoms with Gasteiger partial charge >= 0.3 is 0 Å². The second kappa shape index (κ2) is 6.07. The molecular weight excluding hydrogens is 294 g/mol. The van der Waals surface area contributed by atoms with Crippen LogP contribution in [0.25, 0.3) is 5.57 Å². The lowest BCUT2D eigenvalue weighted by molar-refractivity contribution is -0.126. The Bertz CT molecular complexity index is 705. The molecule has 1 aromatic rings. The van der Waals surface area contributed by atoms with Crippen LogP contribution in [-0.2, 0) is 16.0 Å². The smallest absolute Gasteiger partial charge is 0.227 e. The van der Waals surface area contributed by atoms with E-state index in [4.69, 9.17) is 9.47 Å². The monoisotopic (exact) mass is 315 g/mol. The molecular formula is C18H21NO4. The van der Waals surface area contributed by atoms with Gasteiger partial charge in [-0.05, 0) is 48.6 Å². The van der Waals surface area contributed by atoms with Gasteiger partial charge < -0.3 is 14.4 Å². The van der Waals surface area contributed by atoms with E-state index in [-0.39, 0.29) is 11.7 Å². The normalized spacial score (nSPS) is 16.8. The number of ether oxygens (including phenoxy) is 2. The molecule has 0 radical (unpaired) electrons. The molecule has 0 aliphatic carbocycles. The molecule has 0 saturated carbocycles. The number of allylic oxidation sites excluding steroid dienone is 2. The van der Waals surface area contributed by atoms with Crippen LogP contribution in [0.4, 0.5) is 0 Å². The summed E-state index contributed by atoms with van der Waals surface area (Å²) in [7, 11) is 3.21. The Kier molecular flexibility index (Phi) is 4.11. The average Bonchev–Trinajstić information content (AvgIpc) is 2.82. The van der Waals surface area contributed by atoms with Gasteiger partial charge in [-0.25, -0.2) is 0 Å². The summed E-state index contributed by atoms with van der Waals surface area (Å²) >= 11 is 0.